The lowest BCUT2D eigenvalue weighted by Gasteiger charge is -2.29. The van der Waals surface area contributed by atoms with Crippen LogP contribution in [0.15, 0.2) is 0 Å². The largest absolute Gasteiger partial charge is 0.391 e. The van der Waals surface area contributed by atoms with Gasteiger partial charge < -0.3 is 10.0 Å². The topological polar surface area (TPSA) is 36.4 Å². The first-order chi connectivity index (χ1) is 7.20. The van der Waals surface area contributed by atoms with E-state index >= 15 is 0 Å². The SMILES string of the molecule is Cc1nc(N(C)CC2CCC2)sc1CO. The van der Waals surface area contributed by atoms with Crippen LogP contribution in [0.25, 0.3) is 0 Å². The minimum Gasteiger partial charge on any atom is -0.391 e. The van der Waals surface area contributed by atoms with Gasteiger partial charge in [0, 0.05) is 13.6 Å². The molecule has 84 valence electrons. The summed E-state index contributed by atoms with van der Waals surface area (Å²) in [5.74, 6) is 0.858. The third-order valence-electron chi connectivity index (χ3n) is 3.11. The zero-order valence-electron chi connectivity index (χ0n) is 9.36. The Kier molecular flexibility index (Phi) is 3.26. The Morgan fingerprint density at radius 1 is 1.53 bits per heavy atom. The van der Waals surface area contributed by atoms with Gasteiger partial charge in [0.05, 0.1) is 17.2 Å². The number of anilines is 1. The summed E-state index contributed by atoms with van der Waals surface area (Å²) in [7, 11) is 2.09. The van der Waals surface area contributed by atoms with Crippen LogP contribution >= 0.6 is 11.3 Å². The van der Waals surface area contributed by atoms with Crippen molar-refractivity contribution in [1.82, 2.24) is 4.98 Å². The maximum atomic E-state index is 9.10. The van der Waals surface area contributed by atoms with Crippen LogP contribution in [0.2, 0.25) is 0 Å². The van der Waals surface area contributed by atoms with Crippen molar-refractivity contribution in [2.24, 2.45) is 5.92 Å². The Morgan fingerprint density at radius 3 is 2.73 bits per heavy atom. The summed E-state index contributed by atoms with van der Waals surface area (Å²) in [4.78, 5) is 7.69. The smallest absolute Gasteiger partial charge is 0.185 e. The predicted octanol–water partition coefficient (Wildman–Crippen LogP) is 2.18. The summed E-state index contributed by atoms with van der Waals surface area (Å²) >= 11 is 1.61. The van der Waals surface area contributed by atoms with E-state index in [1.807, 2.05) is 6.92 Å². The van der Waals surface area contributed by atoms with Gasteiger partial charge in [-0.2, -0.15) is 0 Å². The second-order valence-electron chi connectivity index (χ2n) is 4.34. The molecular weight excluding hydrogens is 208 g/mol. The summed E-state index contributed by atoms with van der Waals surface area (Å²) in [5, 5.41) is 10.1. The molecule has 0 spiro atoms. The van der Waals surface area contributed by atoms with E-state index < -0.39 is 0 Å². The van der Waals surface area contributed by atoms with Crippen LogP contribution in [-0.2, 0) is 6.61 Å². The molecule has 1 aromatic rings. The van der Waals surface area contributed by atoms with E-state index in [0.717, 1.165) is 28.2 Å². The fourth-order valence-electron chi connectivity index (χ4n) is 1.86. The third-order valence-corrected chi connectivity index (χ3v) is 4.36. The molecule has 1 heterocycles. The van der Waals surface area contributed by atoms with Crippen LogP contribution in [0.1, 0.15) is 29.8 Å². The predicted molar refractivity (Wildman–Crippen MR) is 63.4 cm³/mol. The lowest BCUT2D eigenvalue weighted by atomic mass is 9.85. The lowest BCUT2D eigenvalue weighted by Crippen LogP contribution is -2.29. The normalized spacial score (nSPS) is 16.5. The molecule has 0 radical (unpaired) electrons. The number of nitrogens with zero attached hydrogens (tertiary/aromatic N) is 2. The molecule has 0 aliphatic heterocycles. The molecule has 1 aliphatic carbocycles. The summed E-state index contributed by atoms with van der Waals surface area (Å²) in [6.07, 6.45) is 4.11. The number of rotatable bonds is 4. The highest BCUT2D eigenvalue weighted by molar-refractivity contribution is 7.15. The highest BCUT2D eigenvalue weighted by Crippen LogP contribution is 2.30. The van der Waals surface area contributed by atoms with Crippen molar-refractivity contribution in [3.63, 3.8) is 0 Å². The quantitative estimate of drug-likeness (QED) is 0.855. The summed E-state index contributed by atoms with van der Waals surface area (Å²) in [6.45, 7) is 3.18. The molecule has 1 N–H and O–H groups in total. The minimum absolute atomic E-state index is 0.112. The fourth-order valence-corrected chi connectivity index (χ4v) is 2.75. The van der Waals surface area contributed by atoms with E-state index in [-0.39, 0.29) is 6.61 Å². The number of aromatic nitrogens is 1. The van der Waals surface area contributed by atoms with E-state index in [2.05, 4.69) is 16.9 Å². The van der Waals surface area contributed by atoms with Crippen LogP contribution < -0.4 is 4.90 Å². The van der Waals surface area contributed by atoms with Gasteiger partial charge in [-0.3, -0.25) is 0 Å². The molecule has 1 fully saturated rings. The zero-order valence-corrected chi connectivity index (χ0v) is 10.2. The number of hydrogen-bond donors (Lipinski definition) is 1. The summed E-state index contributed by atoms with van der Waals surface area (Å²) in [6, 6.07) is 0. The van der Waals surface area contributed by atoms with Crippen molar-refractivity contribution >= 4 is 16.5 Å². The maximum absolute atomic E-state index is 9.10. The lowest BCUT2D eigenvalue weighted by molar-refractivity contribution is 0.284. The number of aliphatic hydroxyl groups excluding tert-OH is 1. The Hall–Kier alpha value is -0.610. The monoisotopic (exact) mass is 226 g/mol. The zero-order chi connectivity index (χ0) is 10.8. The summed E-state index contributed by atoms with van der Waals surface area (Å²) < 4.78 is 0. The van der Waals surface area contributed by atoms with Crippen LogP contribution in [0, 0.1) is 12.8 Å². The average molecular weight is 226 g/mol. The van der Waals surface area contributed by atoms with Crippen molar-refractivity contribution in [2.45, 2.75) is 32.8 Å². The Morgan fingerprint density at radius 2 is 2.27 bits per heavy atom. The van der Waals surface area contributed by atoms with Gasteiger partial charge >= 0.3 is 0 Å². The first kappa shape index (κ1) is 10.9. The molecule has 0 aromatic carbocycles. The van der Waals surface area contributed by atoms with Gasteiger partial charge in [-0.05, 0) is 25.7 Å². The van der Waals surface area contributed by atoms with Gasteiger partial charge in [-0.15, -0.1) is 0 Å². The molecule has 0 atom stereocenters. The molecule has 0 amide bonds. The highest BCUT2D eigenvalue weighted by Gasteiger charge is 2.20. The molecule has 2 rings (SSSR count). The van der Waals surface area contributed by atoms with Gasteiger partial charge in [0.15, 0.2) is 5.13 Å². The van der Waals surface area contributed by atoms with E-state index in [1.165, 1.54) is 19.3 Å². The van der Waals surface area contributed by atoms with Gasteiger partial charge in [-0.1, -0.05) is 17.8 Å². The average Bonchev–Trinajstić information content (AvgIpc) is 2.53. The number of aliphatic hydroxyl groups is 1. The molecule has 3 nitrogen and oxygen atoms in total. The molecule has 15 heavy (non-hydrogen) atoms. The molecule has 1 saturated carbocycles. The Bertz CT molecular complexity index is 333. The van der Waals surface area contributed by atoms with Gasteiger partial charge in [0.25, 0.3) is 0 Å². The minimum atomic E-state index is 0.112. The number of thiazole rings is 1. The summed E-state index contributed by atoms with van der Waals surface area (Å²) in [5.41, 5.74) is 0.970. The van der Waals surface area contributed by atoms with Gasteiger partial charge in [0.2, 0.25) is 0 Å². The molecule has 1 aliphatic rings. The Balaban J connectivity index is 2.00. The van der Waals surface area contributed by atoms with Crippen molar-refractivity contribution in [2.75, 3.05) is 18.5 Å². The van der Waals surface area contributed by atoms with E-state index in [4.69, 9.17) is 5.11 Å². The molecule has 0 unspecified atom stereocenters. The molecular formula is C11H18N2OS. The molecule has 1 aromatic heterocycles. The van der Waals surface area contributed by atoms with E-state index in [0.29, 0.717) is 0 Å². The van der Waals surface area contributed by atoms with Crippen molar-refractivity contribution in [1.29, 1.82) is 0 Å². The second kappa shape index (κ2) is 4.49. The van der Waals surface area contributed by atoms with Crippen LogP contribution in [0.5, 0.6) is 0 Å². The highest BCUT2D eigenvalue weighted by atomic mass is 32.1. The van der Waals surface area contributed by atoms with E-state index in [1.54, 1.807) is 11.3 Å². The van der Waals surface area contributed by atoms with E-state index in [9.17, 15) is 0 Å². The van der Waals surface area contributed by atoms with Crippen molar-refractivity contribution < 1.29 is 5.11 Å². The van der Waals surface area contributed by atoms with Crippen molar-refractivity contribution in [3.05, 3.63) is 10.6 Å². The molecule has 0 saturated heterocycles. The van der Waals surface area contributed by atoms with Crippen LogP contribution in [0.4, 0.5) is 5.13 Å². The third kappa shape index (κ3) is 2.32. The standard InChI is InChI=1S/C11H18N2OS/c1-8-10(7-14)15-11(12-8)13(2)6-9-4-3-5-9/h9,14H,3-7H2,1-2H3. The maximum Gasteiger partial charge on any atom is 0.185 e. The first-order valence-electron chi connectivity index (χ1n) is 5.49. The number of hydrogen-bond acceptors (Lipinski definition) is 4. The molecule has 0 bridgehead atoms. The second-order valence-corrected chi connectivity index (χ2v) is 5.40. The van der Waals surface area contributed by atoms with Crippen LogP contribution in [-0.4, -0.2) is 23.7 Å². The van der Waals surface area contributed by atoms with Crippen molar-refractivity contribution in [3.8, 4) is 0 Å². The molecule has 4 heteroatoms. The number of aryl methyl sites for hydroxylation is 1. The van der Waals surface area contributed by atoms with Crippen LogP contribution in [0.3, 0.4) is 0 Å². The Labute approximate surface area is 94.8 Å². The van der Waals surface area contributed by atoms with Gasteiger partial charge in [-0.25, -0.2) is 4.98 Å². The first-order valence-corrected chi connectivity index (χ1v) is 6.30. The van der Waals surface area contributed by atoms with Gasteiger partial charge in [0.1, 0.15) is 0 Å². The fraction of sp³-hybridized carbons (Fsp3) is 0.727.